The third-order valence-corrected chi connectivity index (χ3v) is 5.43. The van der Waals surface area contributed by atoms with E-state index in [0.29, 0.717) is 25.2 Å². The average molecular weight is 434 g/mol. The Kier molecular flexibility index (Phi) is 11.7. The SMILES string of the molecule is CCNC(=NCc1cccc(OCCN2CCOCC2)c1)NCCN(C(C)C)C(C)C. The molecule has 176 valence electrons. The van der Waals surface area contributed by atoms with Crippen LogP contribution in [0.25, 0.3) is 0 Å². The topological polar surface area (TPSA) is 61.4 Å². The highest BCUT2D eigenvalue weighted by molar-refractivity contribution is 5.79. The van der Waals surface area contributed by atoms with Crippen LogP contribution in [-0.4, -0.2) is 86.9 Å². The standard InChI is InChI=1S/C24H43N5O2/c1-6-25-24(26-10-11-29(20(2)3)21(4)5)27-19-22-8-7-9-23(18-22)31-17-14-28-12-15-30-16-13-28/h7-9,18,20-21H,6,10-17,19H2,1-5H3,(H2,25,26,27). The molecule has 1 heterocycles. The van der Waals surface area contributed by atoms with Crippen molar-refractivity contribution in [2.24, 2.45) is 4.99 Å². The van der Waals surface area contributed by atoms with Crippen LogP contribution < -0.4 is 15.4 Å². The Morgan fingerprint density at radius 2 is 1.90 bits per heavy atom. The van der Waals surface area contributed by atoms with Crippen molar-refractivity contribution >= 4 is 5.96 Å². The number of aliphatic imine (C=N–C) groups is 1. The van der Waals surface area contributed by atoms with Crippen LogP contribution in [0.15, 0.2) is 29.3 Å². The summed E-state index contributed by atoms with van der Waals surface area (Å²) in [6.07, 6.45) is 0. The van der Waals surface area contributed by atoms with Crippen LogP contribution in [0.1, 0.15) is 40.2 Å². The predicted molar refractivity (Wildman–Crippen MR) is 129 cm³/mol. The zero-order chi connectivity index (χ0) is 22.5. The van der Waals surface area contributed by atoms with Crippen molar-refractivity contribution in [1.82, 2.24) is 20.4 Å². The molecule has 1 aliphatic heterocycles. The second-order valence-electron chi connectivity index (χ2n) is 8.50. The van der Waals surface area contributed by atoms with Gasteiger partial charge in [0.05, 0.1) is 19.8 Å². The molecule has 1 saturated heterocycles. The Hall–Kier alpha value is -1.83. The molecule has 0 aromatic heterocycles. The molecule has 1 fully saturated rings. The molecule has 2 N–H and O–H groups in total. The lowest BCUT2D eigenvalue weighted by Gasteiger charge is -2.30. The van der Waals surface area contributed by atoms with Gasteiger partial charge in [0, 0.05) is 51.4 Å². The van der Waals surface area contributed by atoms with Gasteiger partial charge in [-0.25, -0.2) is 4.99 Å². The van der Waals surface area contributed by atoms with E-state index < -0.39 is 0 Å². The van der Waals surface area contributed by atoms with Gasteiger partial charge in [0.15, 0.2) is 5.96 Å². The molecule has 7 nitrogen and oxygen atoms in total. The molecule has 0 radical (unpaired) electrons. The molecule has 1 aromatic rings. The van der Waals surface area contributed by atoms with E-state index in [0.717, 1.165) is 69.8 Å². The third kappa shape index (κ3) is 9.89. The van der Waals surface area contributed by atoms with Crippen LogP contribution in [-0.2, 0) is 11.3 Å². The van der Waals surface area contributed by atoms with Gasteiger partial charge in [-0.05, 0) is 52.3 Å². The highest BCUT2D eigenvalue weighted by atomic mass is 16.5. The summed E-state index contributed by atoms with van der Waals surface area (Å²) in [6, 6.07) is 9.31. The number of hydrogen-bond donors (Lipinski definition) is 2. The van der Waals surface area contributed by atoms with E-state index in [9.17, 15) is 0 Å². The molecular formula is C24H43N5O2. The lowest BCUT2D eigenvalue weighted by molar-refractivity contribution is 0.0322. The molecule has 0 saturated carbocycles. The van der Waals surface area contributed by atoms with E-state index in [1.807, 2.05) is 12.1 Å². The summed E-state index contributed by atoms with van der Waals surface area (Å²) >= 11 is 0. The fourth-order valence-corrected chi connectivity index (χ4v) is 3.78. The van der Waals surface area contributed by atoms with Crippen LogP contribution in [0.4, 0.5) is 0 Å². The normalized spacial score (nSPS) is 15.7. The van der Waals surface area contributed by atoms with Gasteiger partial charge in [-0.3, -0.25) is 9.80 Å². The number of benzene rings is 1. The van der Waals surface area contributed by atoms with Gasteiger partial charge < -0.3 is 20.1 Å². The van der Waals surface area contributed by atoms with Crippen LogP contribution in [0.2, 0.25) is 0 Å². The molecule has 0 amide bonds. The number of nitrogens with one attached hydrogen (secondary N) is 2. The fourth-order valence-electron chi connectivity index (χ4n) is 3.78. The van der Waals surface area contributed by atoms with Gasteiger partial charge in [-0.1, -0.05) is 12.1 Å². The molecule has 31 heavy (non-hydrogen) atoms. The van der Waals surface area contributed by atoms with Crippen LogP contribution in [0, 0.1) is 0 Å². The van der Waals surface area contributed by atoms with Gasteiger partial charge in [-0.15, -0.1) is 0 Å². The van der Waals surface area contributed by atoms with Gasteiger partial charge in [0.25, 0.3) is 0 Å². The second-order valence-corrected chi connectivity index (χ2v) is 8.50. The van der Waals surface area contributed by atoms with Gasteiger partial charge in [0.1, 0.15) is 12.4 Å². The summed E-state index contributed by atoms with van der Waals surface area (Å²) in [5.41, 5.74) is 1.15. The van der Waals surface area contributed by atoms with E-state index in [2.05, 4.69) is 67.2 Å². The van der Waals surface area contributed by atoms with Crippen molar-refractivity contribution < 1.29 is 9.47 Å². The number of hydrogen-bond acceptors (Lipinski definition) is 5. The minimum atomic E-state index is 0.535. The minimum Gasteiger partial charge on any atom is -0.492 e. The van der Waals surface area contributed by atoms with Crippen molar-refractivity contribution in [1.29, 1.82) is 0 Å². The fraction of sp³-hybridized carbons (Fsp3) is 0.708. The summed E-state index contributed by atoms with van der Waals surface area (Å²) in [4.78, 5) is 9.62. The predicted octanol–water partition coefficient (Wildman–Crippen LogP) is 2.57. The molecular weight excluding hydrogens is 390 g/mol. The lowest BCUT2D eigenvalue weighted by atomic mass is 10.2. The van der Waals surface area contributed by atoms with E-state index in [4.69, 9.17) is 14.5 Å². The molecule has 0 bridgehead atoms. The zero-order valence-corrected chi connectivity index (χ0v) is 20.2. The quantitative estimate of drug-likeness (QED) is 0.390. The maximum atomic E-state index is 5.97. The summed E-state index contributed by atoms with van der Waals surface area (Å²) in [5.74, 6) is 1.76. The zero-order valence-electron chi connectivity index (χ0n) is 20.2. The Labute approximate surface area is 189 Å². The van der Waals surface area contributed by atoms with Crippen LogP contribution >= 0.6 is 0 Å². The van der Waals surface area contributed by atoms with E-state index in [-0.39, 0.29) is 0 Å². The van der Waals surface area contributed by atoms with E-state index >= 15 is 0 Å². The largest absolute Gasteiger partial charge is 0.492 e. The Morgan fingerprint density at radius 1 is 1.16 bits per heavy atom. The van der Waals surface area contributed by atoms with Crippen LogP contribution in [0.3, 0.4) is 0 Å². The number of morpholine rings is 1. The number of nitrogens with zero attached hydrogens (tertiary/aromatic N) is 3. The average Bonchev–Trinajstić information content (AvgIpc) is 2.75. The molecule has 0 aliphatic carbocycles. The van der Waals surface area contributed by atoms with Crippen molar-refractivity contribution in [2.75, 3.05) is 59.1 Å². The Morgan fingerprint density at radius 3 is 2.58 bits per heavy atom. The minimum absolute atomic E-state index is 0.535. The first-order valence-electron chi connectivity index (χ1n) is 11.8. The second kappa shape index (κ2) is 14.3. The third-order valence-electron chi connectivity index (χ3n) is 5.43. The maximum absolute atomic E-state index is 5.97. The van der Waals surface area contributed by atoms with Crippen molar-refractivity contribution in [3.05, 3.63) is 29.8 Å². The van der Waals surface area contributed by atoms with Gasteiger partial charge in [0.2, 0.25) is 0 Å². The highest BCUT2D eigenvalue weighted by Crippen LogP contribution is 2.14. The lowest BCUT2D eigenvalue weighted by Crippen LogP contribution is -2.45. The van der Waals surface area contributed by atoms with E-state index in [1.54, 1.807) is 0 Å². The Balaban J connectivity index is 1.82. The molecule has 1 aromatic carbocycles. The summed E-state index contributed by atoms with van der Waals surface area (Å²) < 4.78 is 11.4. The summed E-state index contributed by atoms with van der Waals surface area (Å²) in [7, 11) is 0. The first-order chi connectivity index (χ1) is 15.0. The number of rotatable bonds is 12. The number of ether oxygens (including phenoxy) is 2. The monoisotopic (exact) mass is 433 g/mol. The van der Waals surface area contributed by atoms with Crippen molar-refractivity contribution in [3.8, 4) is 5.75 Å². The smallest absolute Gasteiger partial charge is 0.191 e. The Bertz CT molecular complexity index is 637. The summed E-state index contributed by atoms with van der Waals surface area (Å²) in [5, 5.41) is 6.81. The molecule has 0 unspecified atom stereocenters. The maximum Gasteiger partial charge on any atom is 0.191 e. The molecule has 0 atom stereocenters. The van der Waals surface area contributed by atoms with Gasteiger partial charge >= 0.3 is 0 Å². The van der Waals surface area contributed by atoms with E-state index in [1.165, 1.54) is 0 Å². The molecule has 1 aliphatic rings. The number of guanidine groups is 1. The molecule has 7 heteroatoms. The highest BCUT2D eigenvalue weighted by Gasteiger charge is 2.13. The summed E-state index contributed by atoms with van der Waals surface area (Å²) in [6.45, 7) is 19.6. The van der Waals surface area contributed by atoms with Crippen molar-refractivity contribution in [2.45, 2.75) is 53.2 Å². The van der Waals surface area contributed by atoms with Crippen molar-refractivity contribution in [3.63, 3.8) is 0 Å². The van der Waals surface area contributed by atoms with Crippen LogP contribution in [0.5, 0.6) is 5.75 Å². The molecule has 2 rings (SSSR count). The molecule has 0 spiro atoms. The first kappa shape index (κ1) is 25.4. The first-order valence-corrected chi connectivity index (χ1v) is 11.8. The van der Waals surface area contributed by atoms with Gasteiger partial charge in [-0.2, -0.15) is 0 Å².